The molecule has 0 aliphatic carbocycles. The molecule has 0 atom stereocenters. The van der Waals surface area contributed by atoms with Crippen molar-refractivity contribution in [2.24, 2.45) is 0 Å². The van der Waals surface area contributed by atoms with Crippen LogP contribution in [0.1, 0.15) is 12.1 Å². The number of hydrogen-bond acceptors (Lipinski definition) is 5. The molecule has 3 aromatic rings. The molecule has 0 unspecified atom stereocenters. The summed E-state index contributed by atoms with van der Waals surface area (Å²) in [6, 6.07) is 13.1. The number of carbonyl (C=O) groups excluding carboxylic acids is 1. The van der Waals surface area contributed by atoms with Crippen molar-refractivity contribution in [3.63, 3.8) is 0 Å². The topological polar surface area (TPSA) is 71.3 Å². The zero-order valence-electron chi connectivity index (χ0n) is 15.8. The number of benzene rings is 1. The lowest BCUT2D eigenvalue weighted by Crippen LogP contribution is -2.32. The van der Waals surface area contributed by atoms with Gasteiger partial charge >= 0.3 is 0 Å². The van der Waals surface area contributed by atoms with E-state index in [-0.39, 0.29) is 17.9 Å². The molecule has 2 aromatic heterocycles. The molecule has 0 radical (unpaired) electrons. The number of carbonyl (C=O) groups is 1. The summed E-state index contributed by atoms with van der Waals surface area (Å²) < 4.78 is 1.63. The Balaban J connectivity index is 1.81. The number of aromatic nitrogens is 3. The molecular formula is C20H23N5O2. The Bertz CT molecular complexity index is 998. The second-order valence-electron chi connectivity index (χ2n) is 6.60. The molecule has 0 saturated carbocycles. The van der Waals surface area contributed by atoms with Gasteiger partial charge in [-0.1, -0.05) is 18.2 Å². The van der Waals surface area contributed by atoms with Gasteiger partial charge in [-0.15, -0.1) is 0 Å². The first-order chi connectivity index (χ1) is 13.0. The number of rotatable bonds is 6. The standard InChI is InChI=1S/C20H23N5O2/c1-23(2)19-20(27)25(17-10-5-4-9-16(17)22-19)13-11-18(26)24(3)14-15-8-6-7-12-21-15/h4-10,12H,11,13-14H2,1-3H3. The van der Waals surface area contributed by atoms with Crippen LogP contribution >= 0.6 is 0 Å². The summed E-state index contributed by atoms with van der Waals surface area (Å²) in [7, 11) is 5.32. The van der Waals surface area contributed by atoms with Crippen LogP contribution in [0.25, 0.3) is 11.0 Å². The van der Waals surface area contributed by atoms with E-state index in [1.807, 2.05) is 42.5 Å². The zero-order chi connectivity index (χ0) is 19.4. The van der Waals surface area contributed by atoms with Crippen molar-refractivity contribution in [3.05, 3.63) is 64.7 Å². The van der Waals surface area contributed by atoms with Crippen LogP contribution < -0.4 is 10.5 Å². The largest absolute Gasteiger partial charge is 0.358 e. The number of fused-ring (bicyclic) bond motifs is 1. The Morgan fingerprint density at radius 3 is 2.52 bits per heavy atom. The first-order valence-corrected chi connectivity index (χ1v) is 8.78. The third kappa shape index (κ3) is 4.13. The van der Waals surface area contributed by atoms with Crippen LogP contribution in [0.3, 0.4) is 0 Å². The lowest BCUT2D eigenvalue weighted by atomic mass is 10.2. The highest BCUT2D eigenvalue weighted by molar-refractivity contribution is 5.78. The molecule has 0 bridgehead atoms. The Labute approximate surface area is 157 Å². The molecule has 1 amide bonds. The molecule has 0 saturated heterocycles. The summed E-state index contributed by atoms with van der Waals surface area (Å²) in [5, 5.41) is 0. The van der Waals surface area contributed by atoms with E-state index in [2.05, 4.69) is 9.97 Å². The van der Waals surface area contributed by atoms with Crippen LogP contribution in [0.15, 0.2) is 53.5 Å². The van der Waals surface area contributed by atoms with Crippen LogP contribution in [-0.4, -0.2) is 46.5 Å². The van der Waals surface area contributed by atoms with Gasteiger partial charge < -0.3 is 14.4 Å². The van der Waals surface area contributed by atoms with Gasteiger partial charge in [0, 0.05) is 40.3 Å². The predicted octanol–water partition coefficient (Wildman–Crippen LogP) is 1.91. The molecule has 1 aromatic carbocycles. The Morgan fingerprint density at radius 1 is 1.07 bits per heavy atom. The molecule has 2 heterocycles. The molecule has 3 rings (SSSR count). The maximum absolute atomic E-state index is 12.8. The number of hydrogen-bond donors (Lipinski definition) is 0. The molecular weight excluding hydrogens is 342 g/mol. The van der Waals surface area contributed by atoms with Crippen LogP contribution in [0, 0.1) is 0 Å². The number of anilines is 1. The molecule has 0 spiro atoms. The number of para-hydroxylation sites is 2. The van der Waals surface area contributed by atoms with Gasteiger partial charge in [-0.25, -0.2) is 4.98 Å². The SMILES string of the molecule is CN(Cc1ccccn1)C(=O)CCn1c(=O)c(N(C)C)nc2ccccc21. The second-order valence-corrected chi connectivity index (χ2v) is 6.60. The quantitative estimate of drug-likeness (QED) is 0.667. The molecule has 0 aliphatic rings. The summed E-state index contributed by atoms with van der Waals surface area (Å²) in [5.41, 5.74) is 2.09. The number of nitrogens with zero attached hydrogens (tertiary/aromatic N) is 5. The van der Waals surface area contributed by atoms with Crippen molar-refractivity contribution < 1.29 is 4.79 Å². The van der Waals surface area contributed by atoms with E-state index >= 15 is 0 Å². The van der Waals surface area contributed by atoms with E-state index in [9.17, 15) is 9.59 Å². The molecule has 140 valence electrons. The predicted molar refractivity (Wildman–Crippen MR) is 106 cm³/mol. The maximum Gasteiger partial charge on any atom is 0.293 e. The normalized spacial score (nSPS) is 10.8. The molecule has 27 heavy (non-hydrogen) atoms. The van der Waals surface area contributed by atoms with Gasteiger partial charge in [-0.05, 0) is 24.3 Å². The molecule has 0 aliphatic heterocycles. The zero-order valence-corrected chi connectivity index (χ0v) is 15.8. The van der Waals surface area contributed by atoms with Gasteiger partial charge in [0.25, 0.3) is 5.56 Å². The molecule has 7 heteroatoms. The van der Waals surface area contributed by atoms with Gasteiger partial charge in [0.15, 0.2) is 5.82 Å². The van der Waals surface area contributed by atoms with Crippen molar-refractivity contribution in [2.45, 2.75) is 19.5 Å². The van der Waals surface area contributed by atoms with Crippen LogP contribution in [-0.2, 0) is 17.9 Å². The molecule has 7 nitrogen and oxygen atoms in total. The monoisotopic (exact) mass is 365 g/mol. The lowest BCUT2D eigenvalue weighted by molar-refractivity contribution is -0.130. The minimum Gasteiger partial charge on any atom is -0.358 e. The third-order valence-corrected chi connectivity index (χ3v) is 4.36. The van der Waals surface area contributed by atoms with Crippen LogP contribution in [0.2, 0.25) is 0 Å². The van der Waals surface area contributed by atoms with Gasteiger partial charge in [-0.2, -0.15) is 0 Å². The first-order valence-electron chi connectivity index (χ1n) is 8.78. The molecule has 0 N–H and O–H groups in total. The average Bonchev–Trinajstić information content (AvgIpc) is 2.67. The number of amides is 1. The fraction of sp³-hybridized carbons (Fsp3) is 0.300. The fourth-order valence-corrected chi connectivity index (χ4v) is 2.91. The highest BCUT2D eigenvalue weighted by atomic mass is 16.2. The van der Waals surface area contributed by atoms with E-state index in [0.717, 1.165) is 16.7 Å². The van der Waals surface area contributed by atoms with Crippen molar-refractivity contribution >= 4 is 22.8 Å². The van der Waals surface area contributed by atoms with Gasteiger partial charge in [0.1, 0.15) is 0 Å². The van der Waals surface area contributed by atoms with E-state index < -0.39 is 0 Å². The summed E-state index contributed by atoms with van der Waals surface area (Å²) in [5.74, 6) is 0.322. The van der Waals surface area contributed by atoms with Gasteiger partial charge in [0.05, 0.1) is 23.3 Å². The summed E-state index contributed by atoms with van der Waals surface area (Å²) in [4.78, 5) is 37.4. The summed E-state index contributed by atoms with van der Waals surface area (Å²) >= 11 is 0. The van der Waals surface area contributed by atoms with Crippen LogP contribution in [0.4, 0.5) is 5.82 Å². The third-order valence-electron chi connectivity index (χ3n) is 4.36. The van der Waals surface area contributed by atoms with Gasteiger partial charge in [0.2, 0.25) is 5.91 Å². The van der Waals surface area contributed by atoms with Crippen molar-refractivity contribution in [1.82, 2.24) is 19.4 Å². The van der Waals surface area contributed by atoms with Crippen LogP contribution in [0.5, 0.6) is 0 Å². The Hall–Kier alpha value is -3.22. The summed E-state index contributed by atoms with van der Waals surface area (Å²) in [6.45, 7) is 0.739. The van der Waals surface area contributed by atoms with E-state index in [1.165, 1.54) is 0 Å². The van der Waals surface area contributed by atoms with Crippen molar-refractivity contribution in [1.29, 1.82) is 0 Å². The minimum absolute atomic E-state index is 0.0418. The lowest BCUT2D eigenvalue weighted by Gasteiger charge is -2.19. The fourth-order valence-electron chi connectivity index (χ4n) is 2.91. The highest BCUT2D eigenvalue weighted by Gasteiger charge is 2.15. The second kappa shape index (κ2) is 7.99. The number of pyridine rings is 1. The highest BCUT2D eigenvalue weighted by Crippen LogP contribution is 2.14. The minimum atomic E-state index is -0.195. The smallest absolute Gasteiger partial charge is 0.293 e. The maximum atomic E-state index is 12.8. The average molecular weight is 365 g/mol. The van der Waals surface area contributed by atoms with E-state index in [1.54, 1.807) is 41.7 Å². The Morgan fingerprint density at radius 2 is 1.81 bits per heavy atom. The van der Waals surface area contributed by atoms with Crippen molar-refractivity contribution in [3.8, 4) is 0 Å². The van der Waals surface area contributed by atoms with Crippen molar-refractivity contribution in [2.75, 3.05) is 26.0 Å². The summed E-state index contributed by atoms with van der Waals surface area (Å²) in [6.07, 6.45) is 1.93. The van der Waals surface area contributed by atoms with E-state index in [4.69, 9.17) is 0 Å². The first kappa shape index (κ1) is 18.6. The van der Waals surface area contributed by atoms with Gasteiger partial charge in [-0.3, -0.25) is 14.6 Å². The Kier molecular flexibility index (Phi) is 5.49. The van der Waals surface area contributed by atoms with E-state index in [0.29, 0.717) is 18.9 Å². The molecule has 0 fully saturated rings. The number of aryl methyl sites for hydroxylation is 1.